The number of aromatic nitrogens is 5. The summed E-state index contributed by atoms with van der Waals surface area (Å²) >= 11 is 12.8. The predicted molar refractivity (Wildman–Crippen MR) is 130 cm³/mol. The third-order valence-corrected chi connectivity index (χ3v) is 6.26. The van der Waals surface area contributed by atoms with Crippen molar-refractivity contribution in [3.8, 4) is 11.8 Å². The van der Waals surface area contributed by atoms with Crippen LogP contribution in [0, 0.1) is 17.2 Å². The highest BCUT2D eigenvalue weighted by molar-refractivity contribution is 6.35. The maximum absolute atomic E-state index is 13.8. The molecule has 0 aliphatic heterocycles. The fraction of sp³-hybridized carbons (Fsp3) is 0.182. The smallest absolute Gasteiger partial charge is 0.267 e. The molecular weight excluding hydrogens is 477 g/mol. The number of hydrogen-bond donors (Lipinski definition) is 3. The fourth-order valence-electron chi connectivity index (χ4n) is 3.86. The molecule has 34 heavy (non-hydrogen) atoms. The van der Waals surface area contributed by atoms with Gasteiger partial charge in [-0.25, -0.2) is 4.98 Å². The number of fused-ring (bicyclic) bond motifs is 1. The van der Waals surface area contributed by atoms with Crippen molar-refractivity contribution < 1.29 is 0 Å². The van der Waals surface area contributed by atoms with E-state index in [4.69, 9.17) is 39.7 Å². The molecule has 0 unspecified atom stereocenters. The van der Waals surface area contributed by atoms with E-state index in [9.17, 15) is 10.1 Å². The molecule has 1 aliphatic rings. The zero-order chi connectivity index (χ0) is 24.0. The summed E-state index contributed by atoms with van der Waals surface area (Å²) in [6.07, 6.45) is 4.92. The topological polar surface area (TPSA) is 161 Å². The number of rotatable bonds is 5. The van der Waals surface area contributed by atoms with Gasteiger partial charge in [-0.1, -0.05) is 23.2 Å². The SMILES string of the molecule is N#Cc1ccc(Cl)c2nc([C@@H](Nc3nc(N)nc(N)c3Cl)C3CC3)n(-c3cccnc3)c(=O)c12. The molecule has 12 heteroatoms. The van der Waals surface area contributed by atoms with Gasteiger partial charge < -0.3 is 16.8 Å². The van der Waals surface area contributed by atoms with Crippen molar-refractivity contribution in [3.05, 3.63) is 68.4 Å². The second kappa shape index (κ2) is 8.44. The van der Waals surface area contributed by atoms with Gasteiger partial charge in [-0.15, -0.1) is 0 Å². The van der Waals surface area contributed by atoms with E-state index in [1.54, 1.807) is 30.6 Å². The van der Waals surface area contributed by atoms with Crippen molar-refractivity contribution >= 4 is 51.7 Å². The second-order valence-corrected chi connectivity index (χ2v) is 8.63. The van der Waals surface area contributed by atoms with Gasteiger partial charge in [0, 0.05) is 6.20 Å². The number of nitrogens with zero attached hydrogens (tertiary/aromatic N) is 6. The molecule has 5 rings (SSSR count). The summed E-state index contributed by atoms with van der Waals surface area (Å²) in [6.45, 7) is 0. The Morgan fingerprint density at radius 2 is 1.97 bits per heavy atom. The molecule has 3 heterocycles. The summed E-state index contributed by atoms with van der Waals surface area (Å²) in [7, 11) is 0. The average Bonchev–Trinajstić information content (AvgIpc) is 3.67. The normalized spacial score (nSPS) is 14.0. The van der Waals surface area contributed by atoms with Gasteiger partial charge in [-0.05, 0) is 43.0 Å². The Kier molecular flexibility index (Phi) is 5.43. The molecule has 4 aromatic rings. The van der Waals surface area contributed by atoms with Crippen LogP contribution in [0.2, 0.25) is 10.0 Å². The molecule has 1 saturated carbocycles. The minimum Gasteiger partial charge on any atom is -0.382 e. The van der Waals surface area contributed by atoms with Crippen molar-refractivity contribution in [1.29, 1.82) is 5.26 Å². The van der Waals surface area contributed by atoms with E-state index in [1.165, 1.54) is 10.6 Å². The van der Waals surface area contributed by atoms with Gasteiger partial charge in [-0.2, -0.15) is 15.2 Å². The molecule has 1 aliphatic carbocycles. The summed E-state index contributed by atoms with van der Waals surface area (Å²) < 4.78 is 1.43. The standard InChI is InChI=1S/C22H17Cl2N9O/c23-13-6-5-11(8-25)14-17(13)30-20(33(21(14)34)12-2-1-7-28-9-12)16(10-3-4-10)29-19-15(24)18(26)31-22(27)32-19/h1-2,5-7,9-10,16H,3-4H2,(H5,26,27,29,31,32)/t16-/m0/s1. The largest absolute Gasteiger partial charge is 0.382 e. The molecule has 10 nitrogen and oxygen atoms in total. The lowest BCUT2D eigenvalue weighted by Crippen LogP contribution is -2.30. The van der Waals surface area contributed by atoms with E-state index in [-0.39, 0.29) is 50.0 Å². The number of nitriles is 1. The van der Waals surface area contributed by atoms with Crippen LogP contribution in [0.3, 0.4) is 0 Å². The number of pyridine rings is 1. The van der Waals surface area contributed by atoms with Crippen LogP contribution >= 0.6 is 23.2 Å². The predicted octanol–water partition coefficient (Wildman–Crippen LogP) is 3.48. The van der Waals surface area contributed by atoms with Gasteiger partial charge in [0.25, 0.3) is 5.56 Å². The van der Waals surface area contributed by atoms with Gasteiger partial charge >= 0.3 is 0 Å². The summed E-state index contributed by atoms with van der Waals surface area (Å²) in [5.74, 6) is 0.712. The number of benzene rings is 1. The maximum atomic E-state index is 13.8. The molecule has 0 bridgehead atoms. The van der Waals surface area contributed by atoms with E-state index >= 15 is 0 Å². The van der Waals surface area contributed by atoms with Crippen LogP contribution in [-0.2, 0) is 0 Å². The molecule has 0 radical (unpaired) electrons. The molecule has 1 aromatic carbocycles. The lowest BCUT2D eigenvalue weighted by molar-refractivity contribution is 0.609. The Bertz CT molecular complexity index is 1530. The van der Waals surface area contributed by atoms with Gasteiger partial charge in [0.2, 0.25) is 5.95 Å². The number of anilines is 3. The minimum atomic E-state index is -0.495. The highest BCUT2D eigenvalue weighted by Crippen LogP contribution is 2.44. The number of nitrogens with two attached hydrogens (primary N) is 2. The molecule has 170 valence electrons. The summed E-state index contributed by atoms with van der Waals surface area (Å²) in [5.41, 5.74) is 12.1. The first-order valence-corrected chi connectivity index (χ1v) is 11.0. The lowest BCUT2D eigenvalue weighted by Gasteiger charge is -2.24. The molecular formula is C22H17Cl2N9O. The first-order chi connectivity index (χ1) is 16.4. The van der Waals surface area contributed by atoms with E-state index in [0.29, 0.717) is 11.5 Å². The highest BCUT2D eigenvalue weighted by Gasteiger charge is 2.37. The van der Waals surface area contributed by atoms with Gasteiger partial charge in [0.1, 0.15) is 22.7 Å². The van der Waals surface area contributed by atoms with Crippen LogP contribution in [0.15, 0.2) is 41.5 Å². The van der Waals surface area contributed by atoms with Crippen LogP contribution in [0.4, 0.5) is 17.6 Å². The summed E-state index contributed by atoms with van der Waals surface area (Å²) in [6, 6.07) is 8.06. The van der Waals surface area contributed by atoms with Gasteiger partial charge in [0.15, 0.2) is 5.82 Å². The Morgan fingerprint density at radius 1 is 1.18 bits per heavy atom. The van der Waals surface area contributed by atoms with Crippen LogP contribution < -0.4 is 22.3 Å². The maximum Gasteiger partial charge on any atom is 0.267 e. The monoisotopic (exact) mass is 493 g/mol. The van der Waals surface area contributed by atoms with E-state index in [0.717, 1.165) is 12.8 Å². The zero-order valence-electron chi connectivity index (χ0n) is 17.5. The Balaban J connectivity index is 1.80. The Morgan fingerprint density at radius 3 is 2.65 bits per heavy atom. The van der Waals surface area contributed by atoms with Crippen molar-refractivity contribution in [3.63, 3.8) is 0 Å². The van der Waals surface area contributed by atoms with Crippen LogP contribution in [-0.4, -0.2) is 24.5 Å². The molecule has 1 fully saturated rings. The third kappa shape index (κ3) is 3.75. The molecule has 0 saturated heterocycles. The van der Waals surface area contributed by atoms with Crippen molar-refractivity contribution in [2.45, 2.75) is 18.9 Å². The summed E-state index contributed by atoms with van der Waals surface area (Å²) in [5, 5.41) is 13.4. The lowest BCUT2D eigenvalue weighted by atomic mass is 10.1. The Hall–Kier alpha value is -3.94. The highest BCUT2D eigenvalue weighted by atomic mass is 35.5. The van der Waals surface area contributed by atoms with Crippen molar-refractivity contribution in [1.82, 2.24) is 24.5 Å². The third-order valence-electron chi connectivity index (χ3n) is 5.58. The molecule has 0 spiro atoms. The minimum absolute atomic E-state index is 0.0315. The molecule has 1 atom stereocenters. The van der Waals surface area contributed by atoms with Gasteiger partial charge in [-0.3, -0.25) is 14.3 Å². The summed E-state index contributed by atoms with van der Waals surface area (Å²) in [4.78, 5) is 30.8. The van der Waals surface area contributed by atoms with Gasteiger partial charge in [0.05, 0.1) is 39.4 Å². The van der Waals surface area contributed by atoms with Crippen molar-refractivity contribution in [2.24, 2.45) is 5.92 Å². The first-order valence-electron chi connectivity index (χ1n) is 10.3. The van der Waals surface area contributed by atoms with Crippen LogP contribution in [0.25, 0.3) is 16.6 Å². The average molecular weight is 494 g/mol. The van der Waals surface area contributed by atoms with E-state index in [2.05, 4.69) is 26.3 Å². The van der Waals surface area contributed by atoms with E-state index in [1.807, 2.05) is 0 Å². The zero-order valence-corrected chi connectivity index (χ0v) is 19.0. The molecule has 3 aromatic heterocycles. The number of halogens is 2. The van der Waals surface area contributed by atoms with Crippen LogP contribution in [0.5, 0.6) is 0 Å². The molecule has 0 amide bonds. The van der Waals surface area contributed by atoms with E-state index < -0.39 is 11.6 Å². The quantitative estimate of drug-likeness (QED) is 0.377. The van der Waals surface area contributed by atoms with Crippen molar-refractivity contribution in [2.75, 3.05) is 16.8 Å². The number of nitrogen functional groups attached to an aromatic ring is 2. The fourth-order valence-corrected chi connectivity index (χ4v) is 4.20. The Labute approximate surface area is 203 Å². The molecule has 5 N–H and O–H groups in total. The first kappa shape index (κ1) is 21.9. The number of nitrogens with one attached hydrogen (secondary N) is 1. The second-order valence-electron chi connectivity index (χ2n) is 7.84. The van der Waals surface area contributed by atoms with Crippen LogP contribution in [0.1, 0.15) is 30.3 Å². The number of hydrogen-bond acceptors (Lipinski definition) is 9.